The van der Waals surface area contributed by atoms with E-state index in [1.165, 1.54) is 6.07 Å². The fourth-order valence-electron chi connectivity index (χ4n) is 4.78. The molecule has 0 aliphatic heterocycles. The number of hydrogen-bond donors (Lipinski definition) is 9. The Kier molecular flexibility index (Phi) is 20.9. The van der Waals surface area contributed by atoms with Crippen molar-refractivity contribution in [3.05, 3.63) is 36.4 Å². The number of aliphatic carboxylic acids is 2. The number of nitrogens with one attached hydrogen (secondary N) is 5. The summed E-state index contributed by atoms with van der Waals surface area (Å²) in [4.78, 5) is 74.1. The van der Waals surface area contributed by atoms with Gasteiger partial charge in [0.1, 0.15) is 24.2 Å². The molecular weight excluding hydrogens is 790 g/mol. The van der Waals surface area contributed by atoms with Gasteiger partial charge < -0.3 is 41.5 Å². The predicted octanol–water partition coefficient (Wildman–Crippen LogP) is 1.10. The number of carbonyl (C=O) groups is 6. The van der Waals surface area contributed by atoms with Crippen LogP contribution in [0.5, 0.6) is 0 Å². The fraction of sp³-hybridized carbons (Fsp3) is 0.529. The van der Waals surface area contributed by atoms with Crippen molar-refractivity contribution in [2.75, 3.05) is 37.9 Å². The second kappa shape index (κ2) is 22.8. The van der Waals surface area contributed by atoms with Crippen LogP contribution in [0.25, 0.3) is 10.8 Å². The summed E-state index contributed by atoms with van der Waals surface area (Å²) in [5.74, 6) is -8.14. The Morgan fingerprint density at radius 3 is 1.79 bits per heavy atom. The number of amides is 4. The zero-order valence-electron chi connectivity index (χ0n) is 30.8. The third-order valence-electron chi connectivity index (χ3n) is 7.51. The highest BCUT2D eigenvalue weighted by atomic mass is 32.2. The number of carboxylic acids is 2. The number of carbonyl (C=O) groups excluding carboxylic acids is 4. The van der Waals surface area contributed by atoms with Crippen LogP contribution in [0.15, 0.2) is 41.3 Å². The Bertz CT molecular complexity index is 1790. The Balaban J connectivity index is 0.00000344. The molecular formula is C34H51F3N6O11S2. The molecule has 0 fully saturated rings. The number of alkyl halides is 3. The molecule has 17 nitrogen and oxygen atoms in total. The molecule has 0 saturated carbocycles. The van der Waals surface area contributed by atoms with Crippen molar-refractivity contribution < 1.29 is 65.7 Å². The van der Waals surface area contributed by atoms with Crippen molar-refractivity contribution in [3.63, 3.8) is 0 Å². The average Bonchev–Trinajstić information content (AvgIpc) is 3.09. The molecule has 0 aliphatic carbocycles. The largest absolute Gasteiger partial charge is 0.490 e. The number of aliphatic hydroxyl groups is 1. The number of hydrogen-bond acceptors (Lipinski definition) is 11. The van der Waals surface area contributed by atoms with Crippen LogP contribution in [0.1, 0.15) is 41.5 Å². The number of thiol groups is 1. The molecule has 4 amide bonds. The average molecular weight is 841 g/mol. The van der Waals surface area contributed by atoms with Gasteiger partial charge >= 0.3 is 18.1 Å². The third kappa shape index (κ3) is 15.8. The summed E-state index contributed by atoms with van der Waals surface area (Å²) in [5.41, 5.74) is 0.811. The van der Waals surface area contributed by atoms with Gasteiger partial charge in [-0.3, -0.25) is 19.2 Å². The number of nitrogens with zero attached hydrogens (tertiary/aromatic N) is 1. The second-order valence-electron chi connectivity index (χ2n) is 13.0. The van der Waals surface area contributed by atoms with E-state index in [0.717, 1.165) is 5.69 Å². The normalized spacial score (nSPS) is 13.5. The molecule has 0 aromatic heterocycles. The van der Waals surface area contributed by atoms with Gasteiger partial charge in [-0.15, -0.1) is 0 Å². The first-order valence-corrected chi connectivity index (χ1v) is 18.6. The van der Waals surface area contributed by atoms with Gasteiger partial charge in [0.2, 0.25) is 33.7 Å². The standard InChI is InChI=1S/C31H46N6O9S2.C2HF3O2.CH4/c1-17(2)13-21(28(40)35-22(15-38)31(43)44)34-30(42)27(18(3)4)36-29(41)23(16-47)33-26(39)14-32-48(45,46)25-12-8-9-19-20(25)10-7-11-24(19)37(5)6;3-2(4,5)1(6)7;/h7-12,17-18,21-23,27,32,38,47H,13-16H2,1-6H3,(H,33,39)(H,34,42)(H,35,40)(H,36,41)(H,43,44);(H,6,7);1H4/t21-,22-,23-,27-;;/m0../s1. The maximum Gasteiger partial charge on any atom is 0.490 e. The molecule has 56 heavy (non-hydrogen) atoms. The second-order valence-corrected chi connectivity index (χ2v) is 15.1. The highest BCUT2D eigenvalue weighted by molar-refractivity contribution is 7.89. The lowest BCUT2D eigenvalue weighted by Gasteiger charge is -2.28. The molecule has 316 valence electrons. The van der Waals surface area contributed by atoms with Crippen molar-refractivity contribution in [2.24, 2.45) is 11.8 Å². The number of anilines is 1. The Morgan fingerprint density at radius 1 is 0.804 bits per heavy atom. The molecule has 22 heteroatoms. The summed E-state index contributed by atoms with van der Waals surface area (Å²) < 4.78 is 60.4. The minimum Gasteiger partial charge on any atom is -0.480 e. The van der Waals surface area contributed by atoms with Gasteiger partial charge in [0.05, 0.1) is 18.0 Å². The van der Waals surface area contributed by atoms with Gasteiger partial charge in [0, 0.05) is 36.3 Å². The summed E-state index contributed by atoms with van der Waals surface area (Å²) in [5, 5.41) is 36.5. The zero-order valence-corrected chi connectivity index (χ0v) is 32.5. The first-order chi connectivity index (χ1) is 25.4. The number of sulfonamides is 1. The van der Waals surface area contributed by atoms with Gasteiger partial charge in [0.15, 0.2) is 0 Å². The van der Waals surface area contributed by atoms with E-state index < -0.39 is 95.0 Å². The highest BCUT2D eigenvalue weighted by Crippen LogP contribution is 2.30. The summed E-state index contributed by atoms with van der Waals surface area (Å²) >= 11 is 4.14. The van der Waals surface area contributed by atoms with Crippen LogP contribution in [0, 0.1) is 11.8 Å². The Morgan fingerprint density at radius 2 is 1.32 bits per heavy atom. The molecule has 0 unspecified atom stereocenters. The van der Waals surface area contributed by atoms with E-state index >= 15 is 0 Å². The zero-order chi connectivity index (χ0) is 42.4. The highest BCUT2D eigenvalue weighted by Gasteiger charge is 2.38. The smallest absolute Gasteiger partial charge is 0.480 e. The van der Waals surface area contributed by atoms with E-state index in [1.807, 2.05) is 25.1 Å². The SMILES string of the molecule is C.CC(C)C[C@H](NC(=O)[C@@H](NC(=O)[C@H](CS)NC(=O)CNS(=O)(=O)c1cccc2c(N(C)C)cccc12)C(C)C)C(=O)N[C@@H](CO)C(=O)O.O=C(O)C(F)(F)F. The van der Waals surface area contributed by atoms with Gasteiger partial charge in [0.25, 0.3) is 0 Å². The monoisotopic (exact) mass is 840 g/mol. The molecule has 2 rings (SSSR count). The van der Waals surface area contributed by atoms with Crippen molar-refractivity contribution in [3.8, 4) is 0 Å². The van der Waals surface area contributed by atoms with Crippen molar-refractivity contribution in [1.82, 2.24) is 26.0 Å². The maximum absolute atomic E-state index is 13.3. The minimum atomic E-state index is -5.08. The van der Waals surface area contributed by atoms with Crippen molar-refractivity contribution in [2.45, 2.75) is 76.8 Å². The lowest BCUT2D eigenvalue weighted by atomic mass is 9.99. The van der Waals surface area contributed by atoms with E-state index in [2.05, 4.69) is 38.6 Å². The first-order valence-electron chi connectivity index (χ1n) is 16.5. The van der Waals surface area contributed by atoms with Crippen molar-refractivity contribution in [1.29, 1.82) is 0 Å². The maximum atomic E-state index is 13.3. The number of halogens is 3. The van der Waals surface area contributed by atoms with E-state index in [0.29, 0.717) is 10.8 Å². The summed E-state index contributed by atoms with van der Waals surface area (Å²) in [6.45, 7) is 5.33. The molecule has 0 spiro atoms. The molecule has 0 saturated heterocycles. The van der Waals surface area contributed by atoms with Gasteiger partial charge in [-0.1, -0.05) is 59.4 Å². The van der Waals surface area contributed by atoms with E-state index in [9.17, 15) is 55.8 Å². The molecule has 0 heterocycles. The van der Waals surface area contributed by atoms with E-state index in [4.69, 9.17) is 9.90 Å². The van der Waals surface area contributed by atoms with Crippen LogP contribution >= 0.6 is 12.6 Å². The molecule has 4 atom stereocenters. The van der Waals surface area contributed by atoms with Crippen LogP contribution in [0.4, 0.5) is 18.9 Å². The molecule has 8 N–H and O–H groups in total. The van der Waals surface area contributed by atoms with E-state index in [1.54, 1.807) is 52.0 Å². The number of fused-ring (bicyclic) bond motifs is 1. The summed E-state index contributed by atoms with van der Waals surface area (Å²) in [6, 6.07) is 4.90. The molecule has 0 aliphatic rings. The topological polar surface area (TPSA) is 261 Å². The van der Waals surface area contributed by atoms with Crippen LogP contribution in [-0.4, -0.2) is 123 Å². The first kappa shape index (κ1) is 51.3. The molecule has 0 bridgehead atoms. The lowest BCUT2D eigenvalue weighted by molar-refractivity contribution is -0.192. The molecule has 2 aromatic rings. The quantitative estimate of drug-likeness (QED) is 0.0957. The van der Waals surface area contributed by atoms with E-state index in [-0.39, 0.29) is 30.4 Å². The summed E-state index contributed by atoms with van der Waals surface area (Å²) in [6.07, 6.45) is -4.95. The number of rotatable bonds is 18. The predicted molar refractivity (Wildman–Crippen MR) is 204 cm³/mol. The Hall–Kier alpha value is -4.67. The number of carboxylic acid groups (broad SMARTS) is 2. The molecule has 2 aromatic carbocycles. The van der Waals surface area contributed by atoms with Gasteiger partial charge in [-0.25, -0.2) is 22.7 Å². The summed E-state index contributed by atoms with van der Waals surface area (Å²) in [7, 11) is -0.478. The Labute approximate surface area is 328 Å². The van der Waals surface area contributed by atoms with Crippen LogP contribution < -0.4 is 30.9 Å². The van der Waals surface area contributed by atoms with Crippen LogP contribution in [-0.2, 0) is 38.8 Å². The van der Waals surface area contributed by atoms with Crippen LogP contribution in [0.3, 0.4) is 0 Å². The van der Waals surface area contributed by atoms with Gasteiger partial charge in [-0.2, -0.15) is 25.8 Å². The van der Waals surface area contributed by atoms with Crippen LogP contribution in [0.2, 0.25) is 0 Å². The minimum absolute atomic E-state index is 0. The van der Waals surface area contributed by atoms with Crippen molar-refractivity contribution >= 4 is 74.7 Å². The third-order valence-corrected chi connectivity index (χ3v) is 9.34. The fourth-order valence-corrected chi connectivity index (χ4v) is 6.24. The number of aliphatic hydroxyl groups excluding tert-OH is 1. The molecule has 0 radical (unpaired) electrons. The number of benzene rings is 2. The lowest BCUT2D eigenvalue weighted by Crippen LogP contribution is -2.60. The van der Waals surface area contributed by atoms with Gasteiger partial charge in [-0.05, 0) is 30.4 Å².